The van der Waals surface area contributed by atoms with Crippen molar-refractivity contribution < 1.29 is 33.6 Å². The summed E-state index contributed by atoms with van der Waals surface area (Å²) in [7, 11) is 1.36. The maximum absolute atomic E-state index is 15.6. The molecule has 4 aliphatic heterocycles. The van der Waals surface area contributed by atoms with Crippen molar-refractivity contribution >= 4 is 34.8 Å². The maximum Gasteiger partial charge on any atom is 0.333 e. The largest absolute Gasteiger partial charge is 0.507 e. The highest BCUT2D eigenvalue weighted by molar-refractivity contribution is 5.97. The Hall–Kier alpha value is -4.83. The molecular formula is C46H53N3O7. The van der Waals surface area contributed by atoms with Crippen molar-refractivity contribution in [3.05, 3.63) is 82.0 Å². The summed E-state index contributed by atoms with van der Waals surface area (Å²) in [5, 5.41) is 16.5. The lowest BCUT2D eigenvalue weighted by Crippen LogP contribution is -2.79. The van der Waals surface area contributed by atoms with Crippen LogP contribution in [-0.4, -0.2) is 55.9 Å². The summed E-state index contributed by atoms with van der Waals surface area (Å²) in [5.41, 5.74) is 2.60. The van der Waals surface area contributed by atoms with Gasteiger partial charge in [-0.1, -0.05) is 41.5 Å². The van der Waals surface area contributed by atoms with Gasteiger partial charge >= 0.3 is 5.97 Å². The molecule has 56 heavy (non-hydrogen) atoms. The number of aromatic nitrogens is 2. The number of nitrogens with one attached hydrogen (secondary N) is 1. The molecule has 1 spiro atoms. The molecule has 3 saturated carbocycles. The quantitative estimate of drug-likeness (QED) is 0.132. The van der Waals surface area contributed by atoms with Gasteiger partial charge in [-0.2, -0.15) is 0 Å². The van der Waals surface area contributed by atoms with Crippen molar-refractivity contribution in [3.63, 3.8) is 0 Å². The molecule has 3 aromatic rings. The molecule has 4 bridgehead atoms. The summed E-state index contributed by atoms with van der Waals surface area (Å²) in [6, 6.07) is 7.19. The number of nitrogens with zero attached hydrogens (tertiary/aromatic N) is 2. The zero-order chi connectivity index (χ0) is 39.7. The highest BCUT2D eigenvalue weighted by atomic mass is 16.6. The zero-order valence-corrected chi connectivity index (χ0v) is 33.9. The summed E-state index contributed by atoms with van der Waals surface area (Å²) >= 11 is 0. The predicted molar refractivity (Wildman–Crippen MR) is 215 cm³/mol. The van der Waals surface area contributed by atoms with Crippen molar-refractivity contribution in [2.45, 2.75) is 122 Å². The van der Waals surface area contributed by atoms with Gasteiger partial charge in [0, 0.05) is 35.3 Å². The second-order valence-corrected chi connectivity index (χ2v) is 18.1. The number of esters is 1. The van der Waals surface area contributed by atoms with Crippen LogP contribution in [0.5, 0.6) is 17.2 Å². The van der Waals surface area contributed by atoms with E-state index in [-0.39, 0.29) is 35.8 Å². The van der Waals surface area contributed by atoms with Crippen LogP contribution in [-0.2, 0) is 25.5 Å². The Labute approximate surface area is 328 Å². The summed E-state index contributed by atoms with van der Waals surface area (Å²) < 4.78 is 29.3. The van der Waals surface area contributed by atoms with E-state index in [0.29, 0.717) is 47.0 Å². The molecule has 294 valence electrons. The molecule has 4 fully saturated rings. The van der Waals surface area contributed by atoms with E-state index in [1.54, 1.807) is 13.0 Å². The van der Waals surface area contributed by atoms with Gasteiger partial charge in [-0.3, -0.25) is 4.79 Å². The van der Waals surface area contributed by atoms with Gasteiger partial charge in [0.05, 0.1) is 47.0 Å². The number of anilines is 1. The third kappa shape index (κ3) is 4.86. The number of carbonyl (C=O) groups excluding carboxylic acids is 2. The van der Waals surface area contributed by atoms with Crippen LogP contribution < -0.4 is 14.8 Å². The van der Waals surface area contributed by atoms with Gasteiger partial charge in [-0.25, -0.2) is 9.78 Å². The number of Topliss-reactive ketones (excluding diaryl/α,β-unsaturated/α-hetero) is 1. The molecular weight excluding hydrogens is 707 g/mol. The van der Waals surface area contributed by atoms with Crippen LogP contribution in [0.4, 0.5) is 5.95 Å². The Morgan fingerprint density at radius 1 is 1.05 bits per heavy atom. The molecule has 1 aromatic heterocycles. The molecule has 2 aromatic carbocycles. The van der Waals surface area contributed by atoms with Crippen LogP contribution >= 0.6 is 0 Å². The number of ketones is 1. The Morgan fingerprint density at radius 3 is 2.54 bits per heavy atom. The smallest absolute Gasteiger partial charge is 0.333 e. The van der Waals surface area contributed by atoms with E-state index in [9.17, 15) is 9.90 Å². The normalized spacial score (nSPS) is 32.3. The highest BCUT2D eigenvalue weighted by Crippen LogP contribution is 2.76. The molecule has 1 saturated heterocycles. The minimum absolute atomic E-state index is 0.0265. The van der Waals surface area contributed by atoms with Gasteiger partial charge in [0.15, 0.2) is 17.0 Å². The van der Waals surface area contributed by atoms with E-state index in [2.05, 4.69) is 82.6 Å². The number of imidazole rings is 1. The van der Waals surface area contributed by atoms with E-state index < -0.39 is 40.3 Å². The molecule has 0 radical (unpaired) electrons. The van der Waals surface area contributed by atoms with Crippen molar-refractivity contribution in [1.82, 2.24) is 9.55 Å². The predicted octanol–water partition coefficient (Wildman–Crippen LogP) is 8.89. The number of allylic oxidation sites excluding steroid dienone is 4. The van der Waals surface area contributed by atoms with E-state index in [0.717, 1.165) is 35.0 Å². The van der Waals surface area contributed by atoms with Crippen LogP contribution in [0.25, 0.3) is 17.1 Å². The minimum Gasteiger partial charge on any atom is -0.507 e. The average molecular weight is 760 g/mol. The number of phenolic OH excluding ortho intramolecular Hbond substituents is 1. The van der Waals surface area contributed by atoms with Crippen molar-refractivity contribution in [2.75, 3.05) is 12.4 Å². The fourth-order valence-electron chi connectivity index (χ4n) is 11.3. The summed E-state index contributed by atoms with van der Waals surface area (Å²) in [4.78, 5) is 33.4. The first kappa shape index (κ1) is 36.8. The molecule has 2 N–H and O–H groups in total. The highest BCUT2D eigenvalue weighted by Gasteiger charge is 2.86. The number of ether oxygens (including phenoxy) is 4. The van der Waals surface area contributed by atoms with E-state index in [1.165, 1.54) is 12.7 Å². The van der Waals surface area contributed by atoms with Gasteiger partial charge in [-0.15, -0.1) is 0 Å². The van der Waals surface area contributed by atoms with E-state index in [1.807, 2.05) is 24.3 Å². The number of para-hydroxylation sites is 2. The Morgan fingerprint density at radius 2 is 1.80 bits per heavy atom. The van der Waals surface area contributed by atoms with Gasteiger partial charge in [-0.05, 0) is 105 Å². The Bertz CT molecular complexity index is 2340. The van der Waals surface area contributed by atoms with Gasteiger partial charge < -0.3 is 33.9 Å². The zero-order valence-electron chi connectivity index (χ0n) is 33.9. The van der Waals surface area contributed by atoms with Gasteiger partial charge in [0.25, 0.3) is 0 Å². The lowest BCUT2D eigenvalue weighted by Gasteiger charge is -2.67. The molecule has 8 unspecified atom stereocenters. The number of benzene rings is 2. The summed E-state index contributed by atoms with van der Waals surface area (Å²) in [6.45, 7) is 16.3. The lowest BCUT2D eigenvalue weighted by molar-refractivity contribution is -0.223. The second-order valence-electron chi connectivity index (χ2n) is 18.1. The molecule has 7 aliphatic rings. The SMILES string of the molecule is COC(=O)/C(C)=C\CC12OC(C)(C)C3CC(C1=O)C1C4C(Nc5nc6ccccc6n51)c1c(O)c5c(c(CC=C(C)C)c1OC432)OC(C)(CCC=C(C)C)C=C5. The van der Waals surface area contributed by atoms with Gasteiger partial charge in [0.2, 0.25) is 5.95 Å². The van der Waals surface area contributed by atoms with E-state index >= 15 is 4.79 Å². The minimum atomic E-state index is -1.44. The Kier molecular flexibility index (Phi) is 8.10. The first-order valence-electron chi connectivity index (χ1n) is 20.1. The summed E-state index contributed by atoms with van der Waals surface area (Å²) in [5.74, 6) is 0.393. The molecule has 8 atom stereocenters. The topological polar surface area (TPSA) is 121 Å². The Balaban J connectivity index is 1.33. The third-order valence-electron chi connectivity index (χ3n) is 13.6. The first-order valence-corrected chi connectivity index (χ1v) is 20.1. The standard InChI is InChI=1S/C46H53N3O7/c1-24(2)13-12-20-44(8)21-19-27-37(50)33-35-34-36(49-31-15-11-10-14-30(31)47-42(49)48-35)29-23-32-43(6,7)56-45(40(29)51,22-18-26(5)41(52)53-9)46(32,34)55-39(33)28(38(27)54-44)17-16-25(3)4/h10-11,13-16,18-19,21,29,32,34-36,50H,12,17,20,22-23H2,1-9H3,(H,47,48)/b26-18-. The second kappa shape index (κ2) is 12.3. The number of aromatic hydroxyl groups is 1. The average Bonchev–Trinajstić information content (AvgIpc) is 3.59. The molecule has 10 nitrogen and oxygen atoms in total. The first-order chi connectivity index (χ1) is 26.6. The number of phenols is 1. The molecule has 3 aliphatic carbocycles. The fourth-order valence-corrected chi connectivity index (χ4v) is 11.3. The van der Waals surface area contributed by atoms with Crippen LogP contribution in [0.1, 0.15) is 110 Å². The molecule has 0 amide bonds. The molecule has 10 rings (SSSR count). The molecule has 5 heterocycles. The third-order valence-corrected chi connectivity index (χ3v) is 13.6. The monoisotopic (exact) mass is 759 g/mol. The fraction of sp³-hybridized carbons (Fsp3) is 0.500. The van der Waals surface area contributed by atoms with Crippen LogP contribution in [0.2, 0.25) is 0 Å². The number of rotatable bonds is 8. The van der Waals surface area contributed by atoms with Gasteiger partial charge in [0.1, 0.15) is 22.8 Å². The molecule has 10 heteroatoms. The van der Waals surface area contributed by atoms with Crippen LogP contribution in [0.15, 0.2) is 65.3 Å². The van der Waals surface area contributed by atoms with E-state index in [4.69, 9.17) is 23.9 Å². The maximum atomic E-state index is 15.6. The number of hydrogen-bond acceptors (Lipinski definition) is 9. The van der Waals surface area contributed by atoms with Crippen LogP contribution in [0, 0.1) is 17.8 Å². The van der Waals surface area contributed by atoms with Crippen LogP contribution in [0.3, 0.4) is 0 Å². The number of fused-ring (bicyclic) bond motifs is 6. The lowest BCUT2D eigenvalue weighted by atomic mass is 9.44. The van der Waals surface area contributed by atoms with Crippen molar-refractivity contribution in [3.8, 4) is 17.2 Å². The van der Waals surface area contributed by atoms with Crippen molar-refractivity contribution in [2.24, 2.45) is 17.8 Å². The number of carbonyl (C=O) groups is 2. The number of methoxy groups -OCH3 is 1. The summed E-state index contributed by atoms with van der Waals surface area (Å²) in [6.07, 6.45) is 13.0. The van der Waals surface area contributed by atoms with Crippen molar-refractivity contribution in [1.29, 1.82) is 0 Å². The number of hydrogen-bond donors (Lipinski definition) is 2.